The molecule has 0 heterocycles. The molecule has 2 N–H and O–H groups in total. The van der Waals surface area contributed by atoms with Crippen LogP contribution in [0.15, 0.2) is 0 Å². The second-order valence-corrected chi connectivity index (χ2v) is 5.86. The normalized spacial score (nSPS) is 16.9. The molecule has 0 fully saturated rings. The van der Waals surface area contributed by atoms with Gasteiger partial charge in [0.2, 0.25) is 0 Å². The quantitative estimate of drug-likeness (QED) is 0.622. The van der Waals surface area contributed by atoms with Crippen molar-refractivity contribution in [3.05, 3.63) is 0 Å². The minimum Gasteiger partial charge on any atom is -0.321 e. The third kappa shape index (κ3) is 5.20. The maximum Gasteiger partial charge on any atom is 0.155 e. The van der Waals surface area contributed by atoms with Crippen molar-refractivity contribution >= 4 is 5.78 Å². The van der Waals surface area contributed by atoms with Gasteiger partial charge in [0.25, 0.3) is 0 Å². The molecule has 1 unspecified atom stereocenters. The largest absolute Gasteiger partial charge is 0.321 e. The summed E-state index contributed by atoms with van der Waals surface area (Å²) < 4.78 is 0. The Hall–Kier alpha value is -0.370. The molecule has 0 radical (unpaired) electrons. The number of rotatable bonds is 9. The molecular weight excluding hydrogens is 210 g/mol. The number of Topliss-reactive ketones (excluding diaryl/α,β-unsaturated/α-hetero) is 1. The van der Waals surface area contributed by atoms with Crippen LogP contribution in [0.1, 0.15) is 73.1 Å². The lowest BCUT2D eigenvalue weighted by molar-refractivity contribution is -0.130. The number of unbranched alkanes of at least 4 members (excludes halogenated alkanes) is 3. The van der Waals surface area contributed by atoms with Crippen LogP contribution in [-0.4, -0.2) is 11.8 Å². The van der Waals surface area contributed by atoms with E-state index in [-0.39, 0.29) is 23.2 Å². The summed E-state index contributed by atoms with van der Waals surface area (Å²) in [4.78, 5) is 12.4. The molecule has 0 aliphatic carbocycles. The lowest BCUT2D eigenvalue weighted by Crippen LogP contribution is -2.44. The molecule has 0 bridgehead atoms. The van der Waals surface area contributed by atoms with Crippen molar-refractivity contribution in [3.63, 3.8) is 0 Å². The zero-order valence-corrected chi connectivity index (χ0v) is 12.4. The van der Waals surface area contributed by atoms with E-state index in [1.54, 1.807) is 0 Å². The maximum absolute atomic E-state index is 12.4. The van der Waals surface area contributed by atoms with Crippen molar-refractivity contribution in [2.24, 2.45) is 17.1 Å². The lowest BCUT2D eigenvalue weighted by Gasteiger charge is -2.31. The van der Waals surface area contributed by atoms with Crippen LogP contribution in [0, 0.1) is 11.3 Å². The van der Waals surface area contributed by atoms with E-state index in [1.165, 1.54) is 19.3 Å². The topological polar surface area (TPSA) is 43.1 Å². The monoisotopic (exact) mass is 241 g/mol. The Morgan fingerprint density at radius 1 is 1.18 bits per heavy atom. The predicted octanol–water partition coefficient (Wildman–Crippen LogP) is 3.93. The molecule has 0 aromatic heterocycles. The predicted molar refractivity (Wildman–Crippen MR) is 75.0 cm³/mol. The highest BCUT2D eigenvalue weighted by Gasteiger charge is 2.35. The molecule has 102 valence electrons. The molecule has 0 aliphatic rings. The van der Waals surface area contributed by atoms with Crippen LogP contribution in [0.4, 0.5) is 0 Å². The fourth-order valence-electron chi connectivity index (χ4n) is 2.12. The van der Waals surface area contributed by atoms with E-state index in [9.17, 15) is 4.79 Å². The van der Waals surface area contributed by atoms with Gasteiger partial charge in [-0.1, -0.05) is 60.3 Å². The van der Waals surface area contributed by atoms with Gasteiger partial charge >= 0.3 is 0 Å². The smallest absolute Gasteiger partial charge is 0.155 e. The second-order valence-electron chi connectivity index (χ2n) is 5.86. The van der Waals surface area contributed by atoms with E-state index in [2.05, 4.69) is 20.8 Å². The van der Waals surface area contributed by atoms with Gasteiger partial charge in [-0.3, -0.25) is 4.79 Å². The van der Waals surface area contributed by atoms with Gasteiger partial charge in [0, 0.05) is 5.41 Å². The van der Waals surface area contributed by atoms with E-state index in [0.29, 0.717) is 0 Å². The van der Waals surface area contributed by atoms with Crippen molar-refractivity contribution in [1.29, 1.82) is 0 Å². The van der Waals surface area contributed by atoms with Crippen LogP contribution < -0.4 is 5.73 Å². The molecule has 17 heavy (non-hydrogen) atoms. The van der Waals surface area contributed by atoms with Gasteiger partial charge in [-0.15, -0.1) is 0 Å². The highest BCUT2D eigenvalue weighted by molar-refractivity contribution is 5.89. The first-order valence-electron chi connectivity index (χ1n) is 7.19. The first-order valence-corrected chi connectivity index (χ1v) is 7.19. The van der Waals surface area contributed by atoms with Crippen molar-refractivity contribution in [2.75, 3.05) is 0 Å². The minimum absolute atomic E-state index is 0.211. The number of carbonyl (C=O) groups is 1. The number of ketones is 1. The number of hydrogen-bond donors (Lipinski definition) is 1. The Morgan fingerprint density at radius 3 is 2.18 bits per heavy atom. The third-order valence-corrected chi connectivity index (χ3v) is 3.98. The fourth-order valence-corrected chi connectivity index (χ4v) is 2.12. The number of nitrogens with two attached hydrogens (primary N) is 1. The highest BCUT2D eigenvalue weighted by Crippen LogP contribution is 2.31. The van der Waals surface area contributed by atoms with Crippen molar-refractivity contribution < 1.29 is 4.79 Å². The van der Waals surface area contributed by atoms with E-state index >= 15 is 0 Å². The van der Waals surface area contributed by atoms with E-state index in [4.69, 9.17) is 5.73 Å². The Balaban J connectivity index is 4.39. The standard InChI is InChI=1S/C15H31NO/c1-6-8-9-10-11-15(5,7-2)14(17)13(16)12(3)4/h12-13H,6-11,16H2,1-5H3/t13-,15?/m0/s1. The zero-order valence-electron chi connectivity index (χ0n) is 12.4. The first kappa shape index (κ1) is 16.6. The van der Waals surface area contributed by atoms with Crippen molar-refractivity contribution in [1.82, 2.24) is 0 Å². The Labute approximate surface area is 107 Å². The summed E-state index contributed by atoms with van der Waals surface area (Å²) in [6.07, 6.45) is 6.78. The zero-order chi connectivity index (χ0) is 13.5. The average Bonchev–Trinajstić information content (AvgIpc) is 2.32. The summed E-state index contributed by atoms with van der Waals surface area (Å²) in [7, 11) is 0. The van der Waals surface area contributed by atoms with Gasteiger partial charge in [-0.2, -0.15) is 0 Å². The van der Waals surface area contributed by atoms with Gasteiger partial charge in [0.15, 0.2) is 5.78 Å². The number of hydrogen-bond acceptors (Lipinski definition) is 2. The van der Waals surface area contributed by atoms with E-state index < -0.39 is 0 Å². The van der Waals surface area contributed by atoms with Crippen LogP contribution >= 0.6 is 0 Å². The fraction of sp³-hybridized carbons (Fsp3) is 0.933. The van der Waals surface area contributed by atoms with E-state index in [0.717, 1.165) is 19.3 Å². The molecule has 0 aromatic carbocycles. The van der Waals surface area contributed by atoms with Crippen LogP contribution in [0.5, 0.6) is 0 Å². The molecule has 0 rings (SSSR count). The second kappa shape index (κ2) is 7.86. The van der Waals surface area contributed by atoms with E-state index in [1.807, 2.05) is 13.8 Å². The minimum atomic E-state index is -0.300. The van der Waals surface area contributed by atoms with Crippen LogP contribution in [0.2, 0.25) is 0 Å². The number of carbonyl (C=O) groups excluding carboxylic acids is 1. The molecule has 0 saturated carbocycles. The van der Waals surface area contributed by atoms with Gasteiger partial charge in [-0.25, -0.2) is 0 Å². The molecule has 0 saturated heterocycles. The summed E-state index contributed by atoms with van der Waals surface area (Å²) >= 11 is 0. The summed E-state index contributed by atoms with van der Waals surface area (Å²) in [5.74, 6) is 0.496. The molecule has 2 nitrogen and oxygen atoms in total. The average molecular weight is 241 g/mol. The molecule has 0 spiro atoms. The van der Waals surface area contributed by atoms with Gasteiger partial charge in [0.1, 0.15) is 0 Å². The Morgan fingerprint density at radius 2 is 1.76 bits per heavy atom. The highest BCUT2D eigenvalue weighted by atomic mass is 16.1. The summed E-state index contributed by atoms with van der Waals surface area (Å²) in [6, 6.07) is -0.300. The SMILES string of the molecule is CCCCCCC(C)(CC)C(=O)[C@@H](N)C(C)C. The Kier molecular flexibility index (Phi) is 7.69. The van der Waals surface area contributed by atoms with Crippen molar-refractivity contribution in [3.8, 4) is 0 Å². The maximum atomic E-state index is 12.4. The molecule has 0 aliphatic heterocycles. The van der Waals surface area contributed by atoms with Crippen molar-refractivity contribution in [2.45, 2.75) is 79.2 Å². The third-order valence-electron chi connectivity index (χ3n) is 3.98. The Bertz CT molecular complexity index is 225. The molecule has 2 atom stereocenters. The van der Waals surface area contributed by atoms with Crippen LogP contribution in [-0.2, 0) is 4.79 Å². The summed E-state index contributed by atoms with van der Waals surface area (Å²) in [6.45, 7) is 10.4. The van der Waals surface area contributed by atoms with Gasteiger partial charge in [0.05, 0.1) is 6.04 Å². The van der Waals surface area contributed by atoms with Crippen LogP contribution in [0.25, 0.3) is 0 Å². The summed E-state index contributed by atoms with van der Waals surface area (Å²) in [5, 5.41) is 0. The first-order chi connectivity index (χ1) is 7.89. The molecule has 2 heteroatoms. The summed E-state index contributed by atoms with van der Waals surface area (Å²) in [5.41, 5.74) is 5.79. The lowest BCUT2D eigenvalue weighted by atomic mass is 9.74. The van der Waals surface area contributed by atoms with Gasteiger partial charge in [-0.05, 0) is 18.8 Å². The molecular formula is C15H31NO. The molecule has 0 aromatic rings. The van der Waals surface area contributed by atoms with Gasteiger partial charge < -0.3 is 5.73 Å². The van der Waals surface area contributed by atoms with Crippen LogP contribution in [0.3, 0.4) is 0 Å². The molecule has 0 amide bonds.